The molecule has 2 aliphatic heterocycles. The van der Waals surface area contributed by atoms with Gasteiger partial charge in [0.15, 0.2) is 11.5 Å². The Bertz CT molecular complexity index is 1260. The van der Waals surface area contributed by atoms with Gasteiger partial charge in [0.25, 0.3) is 5.91 Å². The zero-order valence-corrected chi connectivity index (χ0v) is 22.6. The Balaban J connectivity index is 1.26. The van der Waals surface area contributed by atoms with Crippen molar-refractivity contribution >= 4 is 52.0 Å². The average Bonchev–Trinajstić information content (AvgIpc) is 2.91. The van der Waals surface area contributed by atoms with Crippen molar-refractivity contribution in [3.05, 3.63) is 69.8 Å². The molecule has 8 nitrogen and oxygen atoms in total. The molecule has 0 radical (unpaired) electrons. The predicted molar refractivity (Wildman–Crippen MR) is 151 cm³/mol. The minimum atomic E-state index is -0.306. The lowest BCUT2D eigenvalue weighted by molar-refractivity contribution is 0.102. The van der Waals surface area contributed by atoms with E-state index in [-0.39, 0.29) is 11.6 Å². The van der Waals surface area contributed by atoms with E-state index in [4.69, 9.17) is 23.2 Å². The molecule has 1 saturated heterocycles. The second-order valence-corrected chi connectivity index (χ2v) is 10.5. The van der Waals surface area contributed by atoms with Crippen LogP contribution >= 0.6 is 23.2 Å². The van der Waals surface area contributed by atoms with Crippen LogP contribution in [0.25, 0.3) is 0 Å². The number of amides is 1. The molecule has 0 bridgehead atoms. The lowest BCUT2D eigenvalue weighted by Crippen LogP contribution is -2.48. The van der Waals surface area contributed by atoms with Crippen molar-refractivity contribution < 1.29 is 4.79 Å². The molecule has 10 heteroatoms. The lowest BCUT2D eigenvalue weighted by atomic mass is 10.1. The Morgan fingerprint density at radius 3 is 2.49 bits per heavy atom. The lowest BCUT2D eigenvalue weighted by Gasteiger charge is -2.38. The van der Waals surface area contributed by atoms with Gasteiger partial charge in [-0.1, -0.05) is 23.2 Å². The number of hydrogen-bond acceptors (Lipinski definition) is 7. The van der Waals surface area contributed by atoms with Crippen LogP contribution in [0.5, 0.6) is 0 Å². The first-order chi connectivity index (χ1) is 17.9. The van der Waals surface area contributed by atoms with Crippen molar-refractivity contribution in [3.63, 3.8) is 0 Å². The standard InChI is InChI=1S/C27H31Cl2N7O/c1-18(2)34-11-13-35(14-12-34)22-6-4-21(5-7-22)31-27(37)24-16-25-26(33-32-24)30-9-10-36(25)17-19-15-20(28)3-8-23(19)29/h3-8,15-16,18H,9-14,17H2,1-2H3,(H,30,33)(H,31,37). The molecule has 194 valence electrons. The number of anilines is 4. The molecule has 0 saturated carbocycles. The molecule has 3 heterocycles. The number of rotatable bonds is 6. The molecular formula is C27H31Cl2N7O. The Morgan fingerprint density at radius 1 is 1.00 bits per heavy atom. The first-order valence-electron chi connectivity index (χ1n) is 12.6. The van der Waals surface area contributed by atoms with Crippen LogP contribution in [0.4, 0.5) is 22.9 Å². The van der Waals surface area contributed by atoms with Crippen molar-refractivity contribution in [2.45, 2.75) is 26.4 Å². The van der Waals surface area contributed by atoms with E-state index in [2.05, 4.69) is 61.5 Å². The van der Waals surface area contributed by atoms with Gasteiger partial charge in [-0.05, 0) is 67.9 Å². The number of carbonyl (C=O) groups excluding carboxylic acids is 1. The molecule has 1 aromatic heterocycles. The normalized spacial score (nSPS) is 15.9. The number of benzene rings is 2. The summed E-state index contributed by atoms with van der Waals surface area (Å²) in [5.74, 6) is 0.336. The maximum Gasteiger partial charge on any atom is 0.276 e. The van der Waals surface area contributed by atoms with Crippen molar-refractivity contribution in [2.75, 3.05) is 59.7 Å². The zero-order chi connectivity index (χ0) is 25.9. The van der Waals surface area contributed by atoms with E-state index < -0.39 is 0 Å². The van der Waals surface area contributed by atoms with Gasteiger partial charge < -0.3 is 20.4 Å². The summed E-state index contributed by atoms with van der Waals surface area (Å²) in [6.45, 7) is 10.6. The Morgan fingerprint density at radius 2 is 1.76 bits per heavy atom. The number of aromatic nitrogens is 2. The van der Waals surface area contributed by atoms with Gasteiger partial charge in [-0.2, -0.15) is 0 Å². The molecule has 1 amide bonds. The van der Waals surface area contributed by atoms with Gasteiger partial charge in [0.2, 0.25) is 0 Å². The third-order valence-electron chi connectivity index (χ3n) is 6.93. The molecule has 3 aromatic rings. The van der Waals surface area contributed by atoms with Crippen molar-refractivity contribution in [1.29, 1.82) is 0 Å². The van der Waals surface area contributed by atoms with Gasteiger partial charge in [0, 0.05) is 73.3 Å². The van der Waals surface area contributed by atoms with E-state index in [1.165, 1.54) is 0 Å². The highest BCUT2D eigenvalue weighted by Gasteiger charge is 2.23. The number of halogens is 2. The van der Waals surface area contributed by atoms with Crippen LogP contribution in [0.15, 0.2) is 48.5 Å². The number of nitrogens with one attached hydrogen (secondary N) is 2. The monoisotopic (exact) mass is 539 g/mol. The quantitative estimate of drug-likeness (QED) is 0.456. The highest BCUT2D eigenvalue weighted by atomic mass is 35.5. The number of piperazine rings is 1. The van der Waals surface area contributed by atoms with Crippen LogP contribution in [0, 0.1) is 0 Å². The van der Waals surface area contributed by atoms with Crippen LogP contribution in [0.1, 0.15) is 29.9 Å². The third-order valence-corrected chi connectivity index (χ3v) is 7.53. The summed E-state index contributed by atoms with van der Waals surface area (Å²) < 4.78 is 0. The molecule has 2 aliphatic rings. The Labute approximate surface area is 227 Å². The highest BCUT2D eigenvalue weighted by molar-refractivity contribution is 6.33. The molecule has 5 rings (SSSR count). The molecule has 0 aliphatic carbocycles. The van der Waals surface area contributed by atoms with E-state index in [9.17, 15) is 4.79 Å². The zero-order valence-electron chi connectivity index (χ0n) is 21.0. The van der Waals surface area contributed by atoms with E-state index in [0.717, 1.165) is 55.3 Å². The SMILES string of the molecule is CC(C)N1CCN(c2ccc(NC(=O)c3cc4c(nn3)NCCN4Cc3cc(Cl)ccc3Cl)cc2)CC1. The fourth-order valence-corrected chi connectivity index (χ4v) is 5.14. The molecule has 2 N–H and O–H groups in total. The maximum atomic E-state index is 13.0. The van der Waals surface area contributed by atoms with Crippen LogP contribution in [-0.4, -0.2) is 66.3 Å². The minimum Gasteiger partial charge on any atom is -0.369 e. The molecular weight excluding hydrogens is 509 g/mol. The third kappa shape index (κ3) is 5.92. The molecule has 1 fully saturated rings. The van der Waals surface area contributed by atoms with Crippen molar-refractivity contribution in [1.82, 2.24) is 15.1 Å². The van der Waals surface area contributed by atoms with E-state index in [1.807, 2.05) is 18.2 Å². The summed E-state index contributed by atoms with van der Waals surface area (Å²) >= 11 is 12.6. The summed E-state index contributed by atoms with van der Waals surface area (Å²) in [6, 6.07) is 15.7. The molecule has 2 aromatic carbocycles. The summed E-state index contributed by atoms with van der Waals surface area (Å²) in [7, 11) is 0. The number of nitrogens with zero attached hydrogens (tertiary/aromatic N) is 5. The summed E-state index contributed by atoms with van der Waals surface area (Å²) in [5.41, 5.74) is 3.85. The number of fused-ring (bicyclic) bond motifs is 1. The fourth-order valence-electron chi connectivity index (χ4n) is 4.77. The summed E-state index contributed by atoms with van der Waals surface area (Å²) in [5, 5.41) is 15.9. The first-order valence-corrected chi connectivity index (χ1v) is 13.3. The number of hydrogen-bond donors (Lipinski definition) is 2. The predicted octanol–water partition coefficient (Wildman–Crippen LogP) is 5.00. The van der Waals surface area contributed by atoms with E-state index >= 15 is 0 Å². The van der Waals surface area contributed by atoms with Gasteiger partial charge in [-0.15, -0.1) is 10.2 Å². The number of carbonyl (C=O) groups is 1. The summed E-state index contributed by atoms with van der Waals surface area (Å²) in [6.07, 6.45) is 0. The van der Waals surface area contributed by atoms with Crippen LogP contribution in [0.2, 0.25) is 10.0 Å². The fraction of sp³-hybridized carbons (Fsp3) is 0.370. The Kier molecular flexibility index (Phi) is 7.69. The second-order valence-electron chi connectivity index (χ2n) is 9.67. The average molecular weight is 540 g/mol. The second kappa shape index (κ2) is 11.1. The van der Waals surface area contributed by atoms with Gasteiger partial charge in [-0.3, -0.25) is 9.69 Å². The van der Waals surface area contributed by atoms with Gasteiger partial charge >= 0.3 is 0 Å². The topological polar surface area (TPSA) is 76.6 Å². The van der Waals surface area contributed by atoms with E-state index in [0.29, 0.717) is 35.0 Å². The minimum absolute atomic E-state index is 0.249. The van der Waals surface area contributed by atoms with Gasteiger partial charge in [0.1, 0.15) is 0 Å². The highest BCUT2D eigenvalue weighted by Crippen LogP contribution is 2.31. The van der Waals surface area contributed by atoms with E-state index in [1.54, 1.807) is 18.2 Å². The van der Waals surface area contributed by atoms with Crippen LogP contribution in [0.3, 0.4) is 0 Å². The van der Waals surface area contributed by atoms with Gasteiger partial charge in [-0.25, -0.2) is 0 Å². The maximum absolute atomic E-state index is 13.0. The van der Waals surface area contributed by atoms with Crippen molar-refractivity contribution in [3.8, 4) is 0 Å². The molecule has 0 spiro atoms. The smallest absolute Gasteiger partial charge is 0.276 e. The van der Waals surface area contributed by atoms with Gasteiger partial charge in [0.05, 0.1) is 5.69 Å². The van der Waals surface area contributed by atoms with Crippen molar-refractivity contribution in [2.24, 2.45) is 0 Å². The molecule has 0 unspecified atom stereocenters. The van der Waals surface area contributed by atoms with Crippen LogP contribution < -0.4 is 20.4 Å². The Hall–Kier alpha value is -3.07. The largest absolute Gasteiger partial charge is 0.369 e. The molecule has 0 atom stereocenters. The molecule has 37 heavy (non-hydrogen) atoms. The summed E-state index contributed by atoms with van der Waals surface area (Å²) in [4.78, 5) is 20.0. The van der Waals surface area contributed by atoms with Crippen LogP contribution in [-0.2, 0) is 6.54 Å². The first kappa shape index (κ1) is 25.6.